The second-order valence-electron chi connectivity index (χ2n) is 2.80. The van der Waals surface area contributed by atoms with E-state index in [0.717, 1.165) is 0 Å². The van der Waals surface area contributed by atoms with E-state index in [0.29, 0.717) is 11.4 Å². The Labute approximate surface area is 85.2 Å². The molecule has 6 nitrogen and oxygen atoms in total. The zero-order valence-electron chi connectivity index (χ0n) is 7.66. The van der Waals surface area contributed by atoms with Gasteiger partial charge in [0.1, 0.15) is 0 Å². The first-order chi connectivity index (χ1) is 7.25. The molecule has 76 valence electrons. The second kappa shape index (κ2) is 3.79. The lowest BCUT2D eigenvalue weighted by atomic mass is 10.3. The highest BCUT2D eigenvalue weighted by Gasteiger charge is 2.01. The Morgan fingerprint density at radius 1 is 1.33 bits per heavy atom. The Kier molecular flexibility index (Phi) is 2.32. The fourth-order valence-corrected chi connectivity index (χ4v) is 1.18. The molecular formula is C9H8N4O2. The molecule has 2 rings (SSSR count). The topological polar surface area (TPSA) is 80.0 Å². The van der Waals surface area contributed by atoms with Crippen molar-refractivity contribution < 1.29 is 9.90 Å². The standard InChI is InChI=1S/C9H8N4O2/c14-9(15)12-7-2-1-3-8(6-7)13-10-4-5-11-13/h1-6,12H,(H,14,15). The summed E-state index contributed by atoms with van der Waals surface area (Å²) in [6.45, 7) is 0. The highest BCUT2D eigenvalue weighted by molar-refractivity contribution is 5.83. The average molecular weight is 204 g/mol. The largest absolute Gasteiger partial charge is 0.465 e. The van der Waals surface area contributed by atoms with Crippen LogP contribution in [0.4, 0.5) is 10.5 Å². The van der Waals surface area contributed by atoms with Crippen molar-refractivity contribution in [3.8, 4) is 5.69 Å². The van der Waals surface area contributed by atoms with E-state index in [4.69, 9.17) is 5.11 Å². The normalized spacial score (nSPS) is 9.87. The van der Waals surface area contributed by atoms with Crippen molar-refractivity contribution in [2.75, 3.05) is 5.32 Å². The summed E-state index contributed by atoms with van der Waals surface area (Å²) in [6, 6.07) is 6.81. The van der Waals surface area contributed by atoms with Gasteiger partial charge < -0.3 is 5.11 Å². The summed E-state index contributed by atoms with van der Waals surface area (Å²) >= 11 is 0. The Morgan fingerprint density at radius 2 is 2.07 bits per heavy atom. The Bertz CT molecular complexity index is 467. The molecule has 1 amide bonds. The fourth-order valence-electron chi connectivity index (χ4n) is 1.18. The first-order valence-corrected chi connectivity index (χ1v) is 4.22. The number of benzene rings is 1. The maximum absolute atomic E-state index is 10.4. The van der Waals surface area contributed by atoms with Crippen molar-refractivity contribution in [3.63, 3.8) is 0 Å². The molecule has 0 saturated heterocycles. The highest BCUT2D eigenvalue weighted by Crippen LogP contribution is 2.12. The van der Waals surface area contributed by atoms with Gasteiger partial charge in [-0.1, -0.05) is 6.07 Å². The Hall–Kier alpha value is -2.37. The molecule has 2 aromatic rings. The molecule has 0 aliphatic rings. The zero-order valence-corrected chi connectivity index (χ0v) is 7.66. The van der Waals surface area contributed by atoms with E-state index in [-0.39, 0.29) is 0 Å². The van der Waals surface area contributed by atoms with Gasteiger partial charge in [-0.2, -0.15) is 15.0 Å². The number of aromatic nitrogens is 3. The molecule has 0 atom stereocenters. The third-order valence-corrected chi connectivity index (χ3v) is 1.75. The Balaban J connectivity index is 2.31. The minimum Gasteiger partial charge on any atom is -0.465 e. The molecule has 15 heavy (non-hydrogen) atoms. The number of amides is 1. The molecule has 6 heteroatoms. The number of rotatable bonds is 2. The molecule has 0 spiro atoms. The molecule has 0 fully saturated rings. The number of hydrogen-bond acceptors (Lipinski definition) is 3. The lowest BCUT2D eigenvalue weighted by Crippen LogP contribution is -2.08. The smallest absolute Gasteiger partial charge is 0.409 e. The second-order valence-corrected chi connectivity index (χ2v) is 2.80. The number of nitrogens with one attached hydrogen (secondary N) is 1. The molecule has 0 radical (unpaired) electrons. The van der Waals surface area contributed by atoms with Gasteiger partial charge in [0, 0.05) is 5.69 Å². The van der Waals surface area contributed by atoms with Crippen molar-refractivity contribution in [1.82, 2.24) is 15.0 Å². The maximum Gasteiger partial charge on any atom is 0.409 e. The summed E-state index contributed by atoms with van der Waals surface area (Å²) in [5.41, 5.74) is 1.18. The number of carboxylic acid groups (broad SMARTS) is 1. The van der Waals surface area contributed by atoms with E-state index < -0.39 is 6.09 Å². The zero-order chi connectivity index (χ0) is 10.7. The fraction of sp³-hybridized carbons (Fsp3) is 0. The molecule has 1 aromatic heterocycles. The molecule has 0 saturated carbocycles. The van der Waals surface area contributed by atoms with Crippen LogP contribution in [0.15, 0.2) is 36.7 Å². The van der Waals surface area contributed by atoms with Crippen LogP contribution >= 0.6 is 0 Å². The molecule has 0 aliphatic carbocycles. The van der Waals surface area contributed by atoms with Crippen molar-refractivity contribution in [1.29, 1.82) is 0 Å². The molecule has 0 bridgehead atoms. The van der Waals surface area contributed by atoms with Crippen LogP contribution in [0.5, 0.6) is 0 Å². The van der Waals surface area contributed by atoms with E-state index in [1.807, 2.05) is 0 Å². The highest BCUT2D eigenvalue weighted by atomic mass is 16.4. The van der Waals surface area contributed by atoms with E-state index in [1.165, 1.54) is 4.80 Å². The van der Waals surface area contributed by atoms with E-state index in [1.54, 1.807) is 36.7 Å². The number of anilines is 1. The van der Waals surface area contributed by atoms with Gasteiger partial charge in [0.2, 0.25) is 0 Å². The van der Waals surface area contributed by atoms with E-state index >= 15 is 0 Å². The van der Waals surface area contributed by atoms with E-state index in [2.05, 4.69) is 15.5 Å². The van der Waals surface area contributed by atoms with Gasteiger partial charge in [-0.3, -0.25) is 5.32 Å². The van der Waals surface area contributed by atoms with Gasteiger partial charge in [-0.15, -0.1) is 0 Å². The SMILES string of the molecule is O=C(O)Nc1cccc(-n2nccn2)c1. The van der Waals surface area contributed by atoms with Crippen LogP contribution in [0.1, 0.15) is 0 Å². The molecule has 1 heterocycles. The molecule has 1 aromatic carbocycles. The maximum atomic E-state index is 10.4. The third-order valence-electron chi connectivity index (χ3n) is 1.75. The van der Waals surface area contributed by atoms with Gasteiger partial charge in [0.25, 0.3) is 0 Å². The van der Waals surface area contributed by atoms with Crippen molar-refractivity contribution in [2.24, 2.45) is 0 Å². The van der Waals surface area contributed by atoms with Gasteiger partial charge >= 0.3 is 6.09 Å². The summed E-state index contributed by atoms with van der Waals surface area (Å²) in [7, 11) is 0. The van der Waals surface area contributed by atoms with Crippen molar-refractivity contribution in [2.45, 2.75) is 0 Å². The van der Waals surface area contributed by atoms with Gasteiger partial charge in [-0.05, 0) is 18.2 Å². The molecular weight excluding hydrogens is 196 g/mol. The summed E-state index contributed by atoms with van der Waals surface area (Å²) in [5.74, 6) is 0. The summed E-state index contributed by atoms with van der Waals surface area (Å²) < 4.78 is 0. The van der Waals surface area contributed by atoms with Crippen molar-refractivity contribution >= 4 is 11.8 Å². The predicted molar refractivity (Wildman–Crippen MR) is 53.0 cm³/mol. The summed E-state index contributed by atoms with van der Waals surface area (Å²) in [5, 5.41) is 18.7. The van der Waals surface area contributed by atoms with Gasteiger partial charge in [-0.25, -0.2) is 4.79 Å². The Morgan fingerprint density at radius 3 is 2.73 bits per heavy atom. The number of hydrogen-bond donors (Lipinski definition) is 2. The number of carbonyl (C=O) groups is 1. The lowest BCUT2D eigenvalue weighted by Gasteiger charge is -2.03. The first kappa shape index (κ1) is 9.20. The number of nitrogens with zero attached hydrogens (tertiary/aromatic N) is 3. The van der Waals surface area contributed by atoms with Crippen LogP contribution < -0.4 is 5.32 Å². The van der Waals surface area contributed by atoms with Crippen LogP contribution in [0.25, 0.3) is 5.69 Å². The van der Waals surface area contributed by atoms with Crippen LogP contribution in [0.3, 0.4) is 0 Å². The molecule has 2 N–H and O–H groups in total. The quantitative estimate of drug-likeness (QED) is 0.773. The summed E-state index contributed by atoms with van der Waals surface area (Å²) in [4.78, 5) is 11.8. The van der Waals surface area contributed by atoms with Gasteiger partial charge in [0.15, 0.2) is 0 Å². The van der Waals surface area contributed by atoms with Crippen LogP contribution in [-0.2, 0) is 0 Å². The monoisotopic (exact) mass is 204 g/mol. The van der Waals surface area contributed by atoms with Crippen LogP contribution in [-0.4, -0.2) is 26.2 Å². The third kappa shape index (κ3) is 2.11. The minimum absolute atomic E-state index is 0.484. The lowest BCUT2D eigenvalue weighted by molar-refractivity contribution is 0.210. The van der Waals surface area contributed by atoms with Crippen LogP contribution in [0.2, 0.25) is 0 Å². The molecule has 0 aliphatic heterocycles. The van der Waals surface area contributed by atoms with E-state index in [9.17, 15) is 4.79 Å². The predicted octanol–water partition coefficient (Wildman–Crippen LogP) is 1.36. The van der Waals surface area contributed by atoms with Crippen molar-refractivity contribution in [3.05, 3.63) is 36.7 Å². The van der Waals surface area contributed by atoms with Crippen LogP contribution in [0, 0.1) is 0 Å². The minimum atomic E-state index is -1.10. The average Bonchev–Trinajstić information content (AvgIpc) is 2.69. The molecule has 0 unspecified atom stereocenters. The van der Waals surface area contributed by atoms with Gasteiger partial charge in [0.05, 0.1) is 18.1 Å². The summed E-state index contributed by atoms with van der Waals surface area (Å²) in [6.07, 6.45) is 2.01. The first-order valence-electron chi connectivity index (χ1n) is 4.22.